The third-order valence-electron chi connectivity index (χ3n) is 5.14. The van der Waals surface area contributed by atoms with Crippen molar-refractivity contribution in [3.8, 4) is 5.75 Å². The molecular weight excluding hydrogens is 416 g/mol. The summed E-state index contributed by atoms with van der Waals surface area (Å²) in [6.07, 6.45) is -3.14. The molecule has 0 aromatic heterocycles. The number of aliphatic hydroxyl groups excluding tert-OH is 4. The minimum atomic E-state index is -1.51. The van der Waals surface area contributed by atoms with Gasteiger partial charge in [0, 0.05) is 12.5 Å². The van der Waals surface area contributed by atoms with E-state index >= 15 is 0 Å². The molecule has 1 saturated heterocycles. The van der Waals surface area contributed by atoms with Crippen LogP contribution >= 0.6 is 0 Å². The third kappa shape index (κ3) is 5.93. The van der Waals surface area contributed by atoms with Gasteiger partial charge in [0.1, 0.15) is 30.2 Å². The maximum atomic E-state index is 11.4. The first-order chi connectivity index (χ1) is 15.4. The Hall–Kier alpha value is -2.75. The normalized spacial score (nSPS) is 25.6. The van der Waals surface area contributed by atoms with Gasteiger partial charge in [0.05, 0.1) is 13.2 Å². The van der Waals surface area contributed by atoms with Gasteiger partial charge in [-0.3, -0.25) is 0 Å². The second-order valence-electron chi connectivity index (χ2n) is 7.43. The van der Waals surface area contributed by atoms with E-state index in [2.05, 4.69) is 0 Å². The van der Waals surface area contributed by atoms with Crippen LogP contribution in [0.5, 0.6) is 5.75 Å². The standard InChI is InChI=1S/C24H28O8/c1-2-30-20(26)12-11-15-7-9-16(10-8-15)13-17-5-3-4-6-18(17)31-24-23(29)22(28)21(27)19(14-25)32-24/h3-12,19,21-25,27-29H,2,13-14H2,1H3/b12-11+/t19-,21-,22+,23-,24-/m1/s1. The number of hydrogen-bond donors (Lipinski definition) is 4. The Morgan fingerprint density at radius 2 is 1.75 bits per heavy atom. The number of rotatable bonds is 8. The smallest absolute Gasteiger partial charge is 0.330 e. The predicted molar refractivity (Wildman–Crippen MR) is 116 cm³/mol. The highest BCUT2D eigenvalue weighted by Gasteiger charge is 2.44. The zero-order valence-electron chi connectivity index (χ0n) is 17.7. The molecule has 8 nitrogen and oxygen atoms in total. The number of carbonyl (C=O) groups is 1. The lowest BCUT2D eigenvalue weighted by Crippen LogP contribution is -2.60. The van der Waals surface area contributed by atoms with Crippen molar-refractivity contribution in [3.63, 3.8) is 0 Å². The molecule has 0 radical (unpaired) electrons. The lowest BCUT2D eigenvalue weighted by atomic mass is 9.99. The van der Waals surface area contributed by atoms with E-state index in [-0.39, 0.29) is 0 Å². The van der Waals surface area contributed by atoms with E-state index in [0.29, 0.717) is 18.8 Å². The summed E-state index contributed by atoms with van der Waals surface area (Å²) >= 11 is 0. The molecule has 2 aromatic carbocycles. The summed E-state index contributed by atoms with van der Waals surface area (Å²) in [5.74, 6) is 0.0546. The second-order valence-corrected chi connectivity index (χ2v) is 7.43. The molecule has 1 aliphatic rings. The molecule has 1 aliphatic heterocycles. The zero-order valence-corrected chi connectivity index (χ0v) is 17.7. The van der Waals surface area contributed by atoms with E-state index in [9.17, 15) is 25.2 Å². The Morgan fingerprint density at radius 3 is 2.44 bits per heavy atom. The average molecular weight is 444 g/mol. The molecule has 8 heteroatoms. The summed E-state index contributed by atoms with van der Waals surface area (Å²) in [5.41, 5.74) is 2.66. The van der Waals surface area contributed by atoms with Crippen LogP contribution in [0.25, 0.3) is 6.08 Å². The van der Waals surface area contributed by atoms with Crippen molar-refractivity contribution in [1.29, 1.82) is 0 Å². The average Bonchev–Trinajstić information content (AvgIpc) is 2.80. The molecule has 0 bridgehead atoms. The van der Waals surface area contributed by atoms with E-state index < -0.39 is 43.3 Å². The van der Waals surface area contributed by atoms with Crippen LogP contribution in [0.4, 0.5) is 0 Å². The van der Waals surface area contributed by atoms with Crippen molar-refractivity contribution in [1.82, 2.24) is 0 Å². The molecule has 3 rings (SSSR count). The molecule has 2 aromatic rings. The van der Waals surface area contributed by atoms with Gasteiger partial charge in [0.15, 0.2) is 0 Å². The highest BCUT2D eigenvalue weighted by Crippen LogP contribution is 2.28. The fraction of sp³-hybridized carbons (Fsp3) is 0.375. The van der Waals surface area contributed by atoms with Crippen molar-refractivity contribution in [2.75, 3.05) is 13.2 Å². The topological polar surface area (TPSA) is 126 Å². The summed E-state index contributed by atoms with van der Waals surface area (Å²) in [5, 5.41) is 39.5. The fourth-order valence-electron chi connectivity index (χ4n) is 3.38. The quantitative estimate of drug-likeness (QED) is 0.351. The van der Waals surface area contributed by atoms with Gasteiger partial charge in [-0.15, -0.1) is 0 Å². The number of benzene rings is 2. The van der Waals surface area contributed by atoms with Crippen LogP contribution in [0.2, 0.25) is 0 Å². The van der Waals surface area contributed by atoms with Gasteiger partial charge in [0.2, 0.25) is 6.29 Å². The molecule has 32 heavy (non-hydrogen) atoms. The zero-order chi connectivity index (χ0) is 23.1. The minimum absolute atomic E-state index is 0.326. The molecule has 0 unspecified atom stereocenters. The fourth-order valence-corrected chi connectivity index (χ4v) is 3.38. The Balaban J connectivity index is 1.70. The molecule has 0 spiro atoms. The first-order valence-electron chi connectivity index (χ1n) is 10.4. The van der Waals surface area contributed by atoms with Gasteiger partial charge < -0.3 is 34.6 Å². The van der Waals surface area contributed by atoms with Gasteiger partial charge >= 0.3 is 5.97 Å². The van der Waals surface area contributed by atoms with Gasteiger partial charge in [0.25, 0.3) is 0 Å². The lowest BCUT2D eigenvalue weighted by molar-refractivity contribution is -0.277. The molecule has 172 valence electrons. The Morgan fingerprint density at radius 1 is 1.03 bits per heavy atom. The van der Waals surface area contributed by atoms with Crippen molar-refractivity contribution in [2.45, 2.75) is 44.1 Å². The Labute approximate surface area is 186 Å². The van der Waals surface area contributed by atoms with Crippen molar-refractivity contribution in [2.24, 2.45) is 0 Å². The van der Waals surface area contributed by atoms with E-state index in [1.807, 2.05) is 36.4 Å². The van der Waals surface area contributed by atoms with Gasteiger partial charge in [-0.25, -0.2) is 4.79 Å². The first-order valence-corrected chi connectivity index (χ1v) is 10.4. The number of hydrogen-bond acceptors (Lipinski definition) is 8. The summed E-state index contributed by atoms with van der Waals surface area (Å²) in [6, 6.07) is 14.8. The highest BCUT2D eigenvalue weighted by molar-refractivity contribution is 5.87. The van der Waals surface area contributed by atoms with Crippen molar-refractivity contribution in [3.05, 3.63) is 71.3 Å². The molecular formula is C24H28O8. The van der Waals surface area contributed by atoms with Crippen LogP contribution in [-0.2, 0) is 20.7 Å². The van der Waals surface area contributed by atoms with Gasteiger partial charge in [-0.2, -0.15) is 0 Å². The summed E-state index contributed by atoms with van der Waals surface area (Å²) in [4.78, 5) is 11.4. The number of para-hydroxylation sites is 1. The predicted octanol–water partition coefficient (Wildman–Crippen LogP) is 1.03. The van der Waals surface area contributed by atoms with Crippen molar-refractivity contribution < 1.29 is 39.4 Å². The van der Waals surface area contributed by atoms with Gasteiger partial charge in [-0.1, -0.05) is 42.5 Å². The highest BCUT2D eigenvalue weighted by atomic mass is 16.7. The minimum Gasteiger partial charge on any atom is -0.463 e. The van der Waals surface area contributed by atoms with E-state index in [1.165, 1.54) is 6.08 Å². The molecule has 0 saturated carbocycles. The molecule has 1 heterocycles. The molecule has 1 fully saturated rings. The van der Waals surface area contributed by atoms with Crippen molar-refractivity contribution >= 4 is 12.0 Å². The first kappa shape index (κ1) is 23.9. The van der Waals surface area contributed by atoms with Gasteiger partial charge in [-0.05, 0) is 35.8 Å². The van der Waals surface area contributed by atoms with E-state index in [4.69, 9.17) is 14.2 Å². The molecule has 0 amide bonds. The lowest BCUT2D eigenvalue weighted by Gasteiger charge is -2.39. The summed E-state index contributed by atoms with van der Waals surface area (Å²) in [7, 11) is 0. The van der Waals surface area contributed by atoms with Crippen LogP contribution in [-0.4, -0.2) is 70.3 Å². The monoisotopic (exact) mass is 444 g/mol. The number of aliphatic hydroxyl groups is 4. The van der Waals surface area contributed by atoms with Crippen LogP contribution < -0.4 is 4.74 Å². The maximum Gasteiger partial charge on any atom is 0.330 e. The largest absolute Gasteiger partial charge is 0.463 e. The SMILES string of the molecule is CCOC(=O)/C=C/c1ccc(Cc2ccccc2O[C@@H]2O[C@H](CO)[C@@H](O)[C@H](O)[C@H]2O)cc1. The molecule has 5 atom stereocenters. The number of ether oxygens (including phenoxy) is 3. The second kappa shape index (κ2) is 11.2. The Bertz CT molecular complexity index is 908. The molecule has 4 N–H and O–H groups in total. The number of carbonyl (C=O) groups excluding carboxylic acids is 1. The van der Waals surface area contributed by atoms with Crippen LogP contribution in [0, 0.1) is 0 Å². The summed E-state index contributed by atoms with van der Waals surface area (Å²) in [6.45, 7) is 1.55. The van der Waals surface area contributed by atoms with Crippen LogP contribution in [0.1, 0.15) is 23.6 Å². The van der Waals surface area contributed by atoms with E-state index in [0.717, 1.165) is 16.7 Å². The summed E-state index contributed by atoms with van der Waals surface area (Å²) < 4.78 is 16.1. The Kier molecular flexibility index (Phi) is 8.38. The van der Waals surface area contributed by atoms with Crippen LogP contribution in [0.15, 0.2) is 54.6 Å². The number of esters is 1. The van der Waals surface area contributed by atoms with E-state index in [1.54, 1.807) is 25.1 Å². The maximum absolute atomic E-state index is 11.4. The third-order valence-corrected chi connectivity index (χ3v) is 5.14. The molecule has 0 aliphatic carbocycles. The van der Waals surface area contributed by atoms with Crippen LogP contribution in [0.3, 0.4) is 0 Å².